The summed E-state index contributed by atoms with van der Waals surface area (Å²) >= 11 is 0. The van der Waals surface area contributed by atoms with E-state index in [2.05, 4.69) is 64.3 Å². The van der Waals surface area contributed by atoms with E-state index in [1.54, 1.807) is 6.20 Å². The zero-order valence-electron chi connectivity index (χ0n) is 12.2. The fraction of sp³-hybridized carbons (Fsp3) is 0.176. The van der Waals surface area contributed by atoms with Gasteiger partial charge in [0.15, 0.2) is 0 Å². The molecule has 21 heavy (non-hydrogen) atoms. The Morgan fingerprint density at radius 2 is 1.81 bits per heavy atom. The van der Waals surface area contributed by atoms with Gasteiger partial charge in [-0.1, -0.05) is 36.4 Å². The lowest BCUT2D eigenvalue weighted by Crippen LogP contribution is -2.23. The molecule has 0 saturated heterocycles. The first kappa shape index (κ1) is 13.4. The molecule has 3 aromatic rings. The third-order valence-corrected chi connectivity index (χ3v) is 3.86. The second-order valence-corrected chi connectivity index (χ2v) is 5.17. The van der Waals surface area contributed by atoms with E-state index in [4.69, 9.17) is 5.73 Å². The second-order valence-electron chi connectivity index (χ2n) is 5.17. The summed E-state index contributed by atoms with van der Waals surface area (Å²) in [7, 11) is 2.02. The van der Waals surface area contributed by atoms with E-state index in [1.165, 1.54) is 16.3 Å². The van der Waals surface area contributed by atoms with Crippen LogP contribution in [0.5, 0.6) is 0 Å². The Balaban J connectivity index is 1.94. The molecular formula is C17H18N4. The summed E-state index contributed by atoms with van der Waals surface area (Å²) in [5, 5.41) is 2.50. The van der Waals surface area contributed by atoms with Crippen LogP contribution < -0.4 is 10.6 Å². The van der Waals surface area contributed by atoms with Gasteiger partial charge >= 0.3 is 0 Å². The molecule has 1 heterocycles. The third kappa shape index (κ3) is 2.65. The standard InChI is InChI=1S/C17H18N4/c1-12(21(2)16-9-10-19-17(18)20-16)14-8-7-13-5-3-4-6-15(13)11-14/h3-12H,1-2H3,(H2,18,19,20)/t12-/m1/s1. The average Bonchev–Trinajstić information content (AvgIpc) is 2.53. The number of anilines is 2. The Morgan fingerprint density at radius 3 is 2.57 bits per heavy atom. The largest absolute Gasteiger partial charge is 0.368 e. The summed E-state index contributed by atoms with van der Waals surface area (Å²) in [4.78, 5) is 10.3. The van der Waals surface area contributed by atoms with E-state index in [0.29, 0.717) is 5.95 Å². The molecule has 3 rings (SSSR count). The first-order valence-corrected chi connectivity index (χ1v) is 6.95. The SMILES string of the molecule is C[C@H](c1ccc2ccccc2c1)N(C)c1ccnc(N)n1. The lowest BCUT2D eigenvalue weighted by molar-refractivity contribution is 0.729. The highest BCUT2D eigenvalue weighted by atomic mass is 15.2. The molecule has 0 amide bonds. The number of rotatable bonds is 3. The summed E-state index contributed by atoms with van der Waals surface area (Å²) in [6.07, 6.45) is 1.68. The molecule has 4 heteroatoms. The van der Waals surface area contributed by atoms with Crippen LogP contribution in [0.3, 0.4) is 0 Å². The Bertz CT molecular complexity index is 769. The molecule has 0 fully saturated rings. The molecule has 0 aliphatic heterocycles. The number of nitrogens with two attached hydrogens (primary N) is 1. The second kappa shape index (κ2) is 5.40. The van der Waals surface area contributed by atoms with Gasteiger partial charge in [-0.2, -0.15) is 4.98 Å². The molecule has 0 saturated carbocycles. The number of nitrogens with zero attached hydrogens (tertiary/aromatic N) is 3. The number of aromatic nitrogens is 2. The van der Waals surface area contributed by atoms with Crippen LogP contribution in [-0.4, -0.2) is 17.0 Å². The quantitative estimate of drug-likeness (QED) is 0.797. The number of hydrogen-bond donors (Lipinski definition) is 1. The molecule has 1 atom stereocenters. The fourth-order valence-corrected chi connectivity index (χ4v) is 2.45. The predicted octanol–water partition coefficient (Wildman–Crippen LogP) is 3.41. The molecule has 1 aromatic heterocycles. The molecule has 2 aromatic carbocycles. The molecular weight excluding hydrogens is 260 g/mol. The normalized spacial score (nSPS) is 12.3. The van der Waals surface area contributed by atoms with Crippen molar-refractivity contribution < 1.29 is 0 Å². The van der Waals surface area contributed by atoms with Crippen molar-refractivity contribution in [2.24, 2.45) is 0 Å². The van der Waals surface area contributed by atoms with Gasteiger partial charge in [-0.05, 0) is 35.4 Å². The van der Waals surface area contributed by atoms with Crippen molar-refractivity contribution in [1.82, 2.24) is 9.97 Å². The minimum absolute atomic E-state index is 0.198. The smallest absolute Gasteiger partial charge is 0.221 e. The van der Waals surface area contributed by atoms with Crippen molar-refractivity contribution in [2.75, 3.05) is 17.7 Å². The first-order chi connectivity index (χ1) is 10.1. The summed E-state index contributed by atoms with van der Waals surface area (Å²) in [5.41, 5.74) is 6.90. The number of benzene rings is 2. The van der Waals surface area contributed by atoms with Crippen LogP contribution in [-0.2, 0) is 0 Å². The predicted molar refractivity (Wildman–Crippen MR) is 87.2 cm³/mol. The molecule has 0 aliphatic carbocycles. The zero-order valence-corrected chi connectivity index (χ0v) is 12.2. The van der Waals surface area contributed by atoms with Gasteiger partial charge in [0.2, 0.25) is 5.95 Å². The zero-order chi connectivity index (χ0) is 14.8. The van der Waals surface area contributed by atoms with Gasteiger partial charge < -0.3 is 10.6 Å². The van der Waals surface area contributed by atoms with Crippen LogP contribution in [0.1, 0.15) is 18.5 Å². The maximum absolute atomic E-state index is 5.66. The Morgan fingerprint density at radius 1 is 1.05 bits per heavy atom. The van der Waals surface area contributed by atoms with Crippen LogP contribution in [0, 0.1) is 0 Å². The van der Waals surface area contributed by atoms with Crippen LogP contribution in [0.2, 0.25) is 0 Å². The minimum atomic E-state index is 0.198. The average molecular weight is 278 g/mol. The van der Waals surface area contributed by atoms with Gasteiger partial charge in [0.25, 0.3) is 0 Å². The highest BCUT2D eigenvalue weighted by Gasteiger charge is 2.14. The van der Waals surface area contributed by atoms with E-state index >= 15 is 0 Å². The fourth-order valence-electron chi connectivity index (χ4n) is 2.45. The monoisotopic (exact) mass is 278 g/mol. The Kier molecular flexibility index (Phi) is 3.44. The molecule has 2 N–H and O–H groups in total. The number of hydrogen-bond acceptors (Lipinski definition) is 4. The maximum atomic E-state index is 5.66. The molecule has 0 unspecified atom stereocenters. The summed E-state index contributed by atoms with van der Waals surface area (Å²) < 4.78 is 0. The van der Waals surface area contributed by atoms with E-state index in [9.17, 15) is 0 Å². The maximum Gasteiger partial charge on any atom is 0.221 e. The minimum Gasteiger partial charge on any atom is -0.368 e. The molecule has 0 aliphatic rings. The third-order valence-electron chi connectivity index (χ3n) is 3.86. The lowest BCUT2D eigenvalue weighted by atomic mass is 10.0. The lowest BCUT2D eigenvalue weighted by Gasteiger charge is -2.26. The van der Waals surface area contributed by atoms with Crippen LogP contribution >= 0.6 is 0 Å². The first-order valence-electron chi connectivity index (χ1n) is 6.95. The van der Waals surface area contributed by atoms with Gasteiger partial charge in [-0.3, -0.25) is 0 Å². The highest BCUT2D eigenvalue weighted by Crippen LogP contribution is 2.26. The summed E-state index contributed by atoms with van der Waals surface area (Å²) in [6.45, 7) is 2.16. The van der Waals surface area contributed by atoms with Gasteiger partial charge in [0.1, 0.15) is 5.82 Å². The topological polar surface area (TPSA) is 55.0 Å². The van der Waals surface area contributed by atoms with Crippen molar-refractivity contribution in [3.05, 3.63) is 60.3 Å². The van der Waals surface area contributed by atoms with E-state index in [1.807, 2.05) is 13.1 Å². The van der Waals surface area contributed by atoms with Crippen molar-refractivity contribution in [3.8, 4) is 0 Å². The van der Waals surface area contributed by atoms with Crippen molar-refractivity contribution in [1.29, 1.82) is 0 Å². The van der Waals surface area contributed by atoms with Gasteiger partial charge in [0, 0.05) is 13.2 Å². The van der Waals surface area contributed by atoms with Crippen molar-refractivity contribution in [3.63, 3.8) is 0 Å². The molecule has 106 valence electrons. The number of nitrogen functional groups attached to an aromatic ring is 1. The Hall–Kier alpha value is -2.62. The Labute approximate surface area is 124 Å². The van der Waals surface area contributed by atoms with E-state index in [0.717, 1.165) is 5.82 Å². The van der Waals surface area contributed by atoms with Crippen LogP contribution in [0.15, 0.2) is 54.7 Å². The molecule has 0 bridgehead atoms. The molecule has 4 nitrogen and oxygen atoms in total. The van der Waals surface area contributed by atoms with Gasteiger partial charge in [0.05, 0.1) is 6.04 Å². The number of fused-ring (bicyclic) bond motifs is 1. The van der Waals surface area contributed by atoms with Crippen molar-refractivity contribution >= 4 is 22.5 Å². The van der Waals surface area contributed by atoms with Crippen molar-refractivity contribution in [2.45, 2.75) is 13.0 Å². The van der Waals surface area contributed by atoms with Crippen LogP contribution in [0.4, 0.5) is 11.8 Å². The van der Waals surface area contributed by atoms with Gasteiger partial charge in [-0.25, -0.2) is 4.98 Å². The molecule has 0 spiro atoms. The van der Waals surface area contributed by atoms with Crippen LogP contribution in [0.25, 0.3) is 10.8 Å². The summed E-state index contributed by atoms with van der Waals surface area (Å²) in [6, 6.07) is 17.0. The molecule has 0 radical (unpaired) electrons. The summed E-state index contributed by atoms with van der Waals surface area (Å²) in [5.74, 6) is 1.12. The highest BCUT2D eigenvalue weighted by molar-refractivity contribution is 5.83. The van der Waals surface area contributed by atoms with E-state index in [-0.39, 0.29) is 6.04 Å². The van der Waals surface area contributed by atoms with Gasteiger partial charge in [-0.15, -0.1) is 0 Å². The van der Waals surface area contributed by atoms with E-state index < -0.39 is 0 Å².